The summed E-state index contributed by atoms with van der Waals surface area (Å²) in [5.41, 5.74) is 2.33. The number of aromatic nitrogens is 6. The van der Waals surface area contributed by atoms with Gasteiger partial charge in [-0.15, -0.1) is 10.2 Å². The largest absolute Gasteiger partial charge is 0.482 e. The number of ether oxygens (including phenoxy) is 1. The van der Waals surface area contributed by atoms with E-state index < -0.39 is 0 Å². The SMILES string of the molecule is CCC(Oc1cccc(CNC(=O)c2ccc3cn[nH]c3c2)c1)c1nn[nH]n1. The van der Waals surface area contributed by atoms with Crippen molar-refractivity contribution < 1.29 is 9.53 Å². The van der Waals surface area contributed by atoms with Crippen molar-refractivity contribution in [3.63, 3.8) is 0 Å². The van der Waals surface area contributed by atoms with E-state index in [9.17, 15) is 4.79 Å². The van der Waals surface area contributed by atoms with Gasteiger partial charge in [0.05, 0.1) is 11.7 Å². The molecule has 0 saturated carbocycles. The zero-order valence-corrected chi connectivity index (χ0v) is 15.2. The molecule has 3 N–H and O–H groups in total. The lowest BCUT2D eigenvalue weighted by molar-refractivity contribution is 0.0951. The summed E-state index contributed by atoms with van der Waals surface area (Å²) >= 11 is 0. The number of hydrogen-bond acceptors (Lipinski definition) is 6. The minimum absolute atomic E-state index is 0.152. The molecule has 0 spiro atoms. The van der Waals surface area contributed by atoms with Crippen molar-refractivity contribution in [2.45, 2.75) is 26.0 Å². The van der Waals surface area contributed by atoms with Crippen LogP contribution >= 0.6 is 0 Å². The summed E-state index contributed by atoms with van der Waals surface area (Å²) in [6.45, 7) is 2.37. The van der Waals surface area contributed by atoms with Gasteiger partial charge in [-0.05, 0) is 36.2 Å². The fourth-order valence-electron chi connectivity index (χ4n) is 2.88. The molecule has 1 unspecified atom stereocenters. The van der Waals surface area contributed by atoms with E-state index in [1.165, 1.54) is 0 Å². The highest BCUT2D eigenvalue weighted by atomic mass is 16.5. The zero-order valence-electron chi connectivity index (χ0n) is 15.2. The van der Waals surface area contributed by atoms with Crippen LogP contribution in [-0.2, 0) is 6.54 Å². The molecule has 142 valence electrons. The molecule has 4 aromatic rings. The van der Waals surface area contributed by atoms with Crippen molar-refractivity contribution in [1.82, 2.24) is 36.1 Å². The molecule has 4 rings (SSSR count). The van der Waals surface area contributed by atoms with Gasteiger partial charge in [-0.3, -0.25) is 9.89 Å². The Balaban J connectivity index is 1.41. The average molecular weight is 377 g/mol. The van der Waals surface area contributed by atoms with Crippen molar-refractivity contribution in [3.05, 3.63) is 65.6 Å². The maximum Gasteiger partial charge on any atom is 0.251 e. The predicted molar refractivity (Wildman–Crippen MR) is 102 cm³/mol. The summed E-state index contributed by atoms with van der Waals surface area (Å²) in [5, 5.41) is 24.7. The predicted octanol–water partition coefficient (Wildman–Crippen LogP) is 2.54. The number of hydrogen-bond donors (Lipinski definition) is 3. The Bertz CT molecular complexity index is 1070. The fraction of sp³-hybridized carbons (Fsp3) is 0.211. The number of nitrogens with zero attached hydrogens (tertiary/aromatic N) is 4. The van der Waals surface area contributed by atoms with E-state index in [2.05, 4.69) is 36.1 Å². The highest BCUT2D eigenvalue weighted by molar-refractivity contribution is 5.97. The topological polar surface area (TPSA) is 121 Å². The number of nitrogens with one attached hydrogen (secondary N) is 3. The maximum absolute atomic E-state index is 12.4. The highest BCUT2D eigenvalue weighted by Gasteiger charge is 2.16. The van der Waals surface area contributed by atoms with Crippen LogP contribution in [0.25, 0.3) is 10.9 Å². The van der Waals surface area contributed by atoms with Crippen LogP contribution in [0.2, 0.25) is 0 Å². The van der Waals surface area contributed by atoms with Gasteiger partial charge in [-0.25, -0.2) is 0 Å². The van der Waals surface area contributed by atoms with E-state index in [0.717, 1.165) is 16.5 Å². The van der Waals surface area contributed by atoms with Crippen LogP contribution in [0.5, 0.6) is 5.75 Å². The van der Waals surface area contributed by atoms with E-state index in [-0.39, 0.29) is 12.0 Å². The van der Waals surface area contributed by atoms with Gasteiger partial charge in [0.25, 0.3) is 5.91 Å². The molecule has 0 saturated heterocycles. The molecular weight excluding hydrogens is 358 g/mol. The molecule has 0 aliphatic heterocycles. The number of H-pyrrole nitrogens is 2. The van der Waals surface area contributed by atoms with Gasteiger partial charge in [0.2, 0.25) is 5.82 Å². The van der Waals surface area contributed by atoms with Crippen molar-refractivity contribution in [2.24, 2.45) is 0 Å². The Labute approximate surface area is 160 Å². The molecule has 1 atom stereocenters. The first-order chi connectivity index (χ1) is 13.7. The lowest BCUT2D eigenvalue weighted by atomic mass is 10.1. The molecule has 0 bridgehead atoms. The number of aromatic amines is 2. The summed E-state index contributed by atoms with van der Waals surface area (Å²) in [6, 6.07) is 13.0. The monoisotopic (exact) mass is 377 g/mol. The third-order valence-corrected chi connectivity index (χ3v) is 4.35. The molecule has 0 fully saturated rings. The molecule has 2 aromatic carbocycles. The number of carbonyl (C=O) groups is 1. The highest BCUT2D eigenvalue weighted by Crippen LogP contribution is 2.22. The molecular formula is C19H19N7O2. The van der Waals surface area contributed by atoms with Crippen molar-refractivity contribution >= 4 is 16.8 Å². The molecule has 2 aromatic heterocycles. The molecule has 28 heavy (non-hydrogen) atoms. The van der Waals surface area contributed by atoms with Gasteiger partial charge < -0.3 is 10.1 Å². The summed E-state index contributed by atoms with van der Waals surface area (Å²) in [6.07, 6.45) is 2.14. The van der Waals surface area contributed by atoms with Gasteiger partial charge in [-0.1, -0.05) is 30.3 Å². The van der Waals surface area contributed by atoms with Crippen molar-refractivity contribution in [2.75, 3.05) is 0 Å². The average Bonchev–Trinajstić information content (AvgIpc) is 3.41. The van der Waals surface area contributed by atoms with Crippen LogP contribution in [0.15, 0.2) is 48.7 Å². The van der Waals surface area contributed by atoms with E-state index in [0.29, 0.717) is 30.1 Å². The zero-order chi connectivity index (χ0) is 19.3. The molecule has 2 heterocycles. The minimum Gasteiger partial charge on any atom is -0.482 e. The normalized spacial score (nSPS) is 12.0. The number of benzene rings is 2. The van der Waals surface area contributed by atoms with Crippen LogP contribution < -0.4 is 10.1 Å². The molecule has 0 aliphatic carbocycles. The van der Waals surface area contributed by atoms with Crippen LogP contribution in [0.1, 0.15) is 41.2 Å². The summed E-state index contributed by atoms with van der Waals surface area (Å²) < 4.78 is 5.97. The van der Waals surface area contributed by atoms with Crippen LogP contribution in [0.4, 0.5) is 0 Å². The van der Waals surface area contributed by atoms with Crippen LogP contribution in [0.3, 0.4) is 0 Å². The van der Waals surface area contributed by atoms with Gasteiger partial charge in [0.15, 0.2) is 6.10 Å². The standard InChI is InChI=1S/C19H19N7O2/c1-2-17(18-23-25-26-24-18)28-15-5-3-4-12(8-15)10-20-19(27)13-6-7-14-11-21-22-16(14)9-13/h3-9,11,17H,2,10H2,1H3,(H,20,27)(H,21,22)(H,23,24,25,26). The smallest absolute Gasteiger partial charge is 0.251 e. The third kappa shape index (κ3) is 3.83. The van der Waals surface area contributed by atoms with E-state index in [1.807, 2.05) is 37.3 Å². The molecule has 1 amide bonds. The lowest BCUT2D eigenvalue weighted by Crippen LogP contribution is -2.22. The van der Waals surface area contributed by atoms with Crippen molar-refractivity contribution in [1.29, 1.82) is 0 Å². The molecule has 9 nitrogen and oxygen atoms in total. The molecule has 0 radical (unpaired) electrons. The Morgan fingerprint density at radius 2 is 2.18 bits per heavy atom. The summed E-state index contributed by atoms with van der Waals surface area (Å²) in [7, 11) is 0. The van der Waals surface area contributed by atoms with E-state index in [1.54, 1.807) is 18.3 Å². The van der Waals surface area contributed by atoms with Gasteiger partial charge in [0, 0.05) is 17.5 Å². The second-order valence-corrected chi connectivity index (χ2v) is 6.29. The number of fused-ring (bicyclic) bond motifs is 1. The quantitative estimate of drug-likeness (QED) is 0.455. The molecule has 9 heteroatoms. The number of amides is 1. The fourth-order valence-corrected chi connectivity index (χ4v) is 2.88. The van der Waals surface area contributed by atoms with E-state index >= 15 is 0 Å². The number of tetrazole rings is 1. The third-order valence-electron chi connectivity index (χ3n) is 4.35. The second-order valence-electron chi connectivity index (χ2n) is 6.29. The first-order valence-corrected chi connectivity index (χ1v) is 8.93. The van der Waals surface area contributed by atoms with Gasteiger partial charge in [0.1, 0.15) is 5.75 Å². The Morgan fingerprint density at radius 1 is 1.25 bits per heavy atom. The van der Waals surface area contributed by atoms with Crippen LogP contribution in [0, 0.1) is 0 Å². The minimum atomic E-state index is -0.287. The second kappa shape index (κ2) is 7.87. The van der Waals surface area contributed by atoms with Gasteiger partial charge in [-0.2, -0.15) is 10.3 Å². The first-order valence-electron chi connectivity index (χ1n) is 8.93. The summed E-state index contributed by atoms with van der Waals surface area (Å²) in [5.74, 6) is 1.04. The van der Waals surface area contributed by atoms with Crippen molar-refractivity contribution in [3.8, 4) is 5.75 Å². The van der Waals surface area contributed by atoms with Gasteiger partial charge >= 0.3 is 0 Å². The first kappa shape index (κ1) is 17.7. The molecule has 0 aliphatic rings. The Kier molecular flexibility index (Phi) is 4.96. The number of carbonyl (C=O) groups excluding carboxylic acids is 1. The Morgan fingerprint density at radius 3 is 3.00 bits per heavy atom. The maximum atomic E-state index is 12.4. The lowest BCUT2D eigenvalue weighted by Gasteiger charge is -2.15. The number of rotatable bonds is 7. The Hall–Kier alpha value is -3.75. The van der Waals surface area contributed by atoms with E-state index in [4.69, 9.17) is 4.74 Å². The van der Waals surface area contributed by atoms with Crippen LogP contribution in [-0.4, -0.2) is 36.7 Å². The summed E-state index contributed by atoms with van der Waals surface area (Å²) in [4.78, 5) is 12.4.